The van der Waals surface area contributed by atoms with Crippen molar-refractivity contribution in [2.75, 3.05) is 14.2 Å². The normalized spacial score (nSPS) is 10.8. The number of methoxy groups -OCH3 is 2. The molecule has 9 heteroatoms. The molecule has 0 atom stereocenters. The fourth-order valence-corrected chi connectivity index (χ4v) is 3.21. The Hall–Kier alpha value is -3.88. The number of carbonyl (C=O) groups excluding carboxylic acids is 1. The van der Waals surface area contributed by atoms with E-state index in [0.717, 1.165) is 20.4 Å². The number of rotatable bonds is 7. The lowest BCUT2D eigenvalue weighted by atomic mass is 10.1. The van der Waals surface area contributed by atoms with E-state index in [1.165, 1.54) is 14.2 Å². The Morgan fingerprint density at radius 3 is 2.38 bits per heavy atom. The van der Waals surface area contributed by atoms with Gasteiger partial charge < -0.3 is 14.8 Å². The number of ether oxygens (including phenoxy) is 2. The summed E-state index contributed by atoms with van der Waals surface area (Å²) in [5.41, 5.74) is 0.222. The molecule has 0 saturated carbocycles. The molecule has 168 valence electrons. The summed E-state index contributed by atoms with van der Waals surface area (Å²) in [4.78, 5) is 39.2. The fraction of sp³-hybridized carbons (Fsp3) is 0.304. The number of aromatic nitrogens is 3. The molecule has 2 aromatic carbocycles. The van der Waals surface area contributed by atoms with Gasteiger partial charge >= 0.3 is 5.69 Å². The van der Waals surface area contributed by atoms with E-state index in [9.17, 15) is 14.4 Å². The van der Waals surface area contributed by atoms with Gasteiger partial charge in [-0.25, -0.2) is 4.79 Å². The first-order valence-electron chi connectivity index (χ1n) is 10.1. The highest BCUT2D eigenvalue weighted by molar-refractivity contribution is 5.91. The molecule has 0 aliphatic heterocycles. The van der Waals surface area contributed by atoms with Gasteiger partial charge in [0.05, 0.1) is 26.5 Å². The Balaban J connectivity index is 2.25. The summed E-state index contributed by atoms with van der Waals surface area (Å²) in [5.74, 6) is 0.191. The first-order valence-corrected chi connectivity index (χ1v) is 10.1. The lowest BCUT2D eigenvalue weighted by Gasteiger charge is -2.15. The second-order valence-corrected chi connectivity index (χ2v) is 7.53. The number of carbonyl (C=O) groups is 1. The SMILES string of the molecule is COc1ccc(-n2nc(C(=O)NC(C)C)c(=O)n(Cc3ccccc3C)c2=O)cc1OC. The Kier molecular flexibility index (Phi) is 6.77. The molecule has 1 amide bonds. The van der Waals surface area contributed by atoms with Gasteiger partial charge in [-0.3, -0.25) is 14.2 Å². The topological polar surface area (TPSA) is 104 Å². The highest BCUT2D eigenvalue weighted by atomic mass is 16.5. The van der Waals surface area contributed by atoms with Gasteiger partial charge in [-0.2, -0.15) is 9.78 Å². The molecule has 1 heterocycles. The zero-order valence-electron chi connectivity index (χ0n) is 18.7. The minimum Gasteiger partial charge on any atom is -0.493 e. The van der Waals surface area contributed by atoms with Crippen molar-refractivity contribution in [1.29, 1.82) is 0 Å². The number of nitrogens with one attached hydrogen (secondary N) is 1. The second kappa shape index (κ2) is 9.51. The van der Waals surface area contributed by atoms with Crippen molar-refractivity contribution in [3.05, 3.63) is 80.1 Å². The molecular formula is C23H26N4O5. The summed E-state index contributed by atoms with van der Waals surface area (Å²) < 4.78 is 12.6. The predicted octanol–water partition coefficient (Wildman–Crippen LogP) is 1.91. The molecule has 3 aromatic rings. The van der Waals surface area contributed by atoms with Crippen molar-refractivity contribution in [3.63, 3.8) is 0 Å². The van der Waals surface area contributed by atoms with E-state index in [1.807, 2.05) is 31.2 Å². The number of nitrogens with zero attached hydrogens (tertiary/aromatic N) is 3. The maximum absolute atomic E-state index is 13.3. The van der Waals surface area contributed by atoms with Crippen molar-refractivity contribution in [2.45, 2.75) is 33.4 Å². The summed E-state index contributed by atoms with van der Waals surface area (Å²) in [6.45, 7) is 5.44. The molecule has 9 nitrogen and oxygen atoms in total. The minimum atomic E-state index is -0.756. The standard InChI is InChI=1S/C23H26N4O5/c1-14(2)24-21(28)20-22(29)26(13-16-9-7-6-8-15(16)3)23(30)27(25-20)17-10-11-18(31-4)19(12-17)32-5/h6-12,14H,13H2,1-5H3,(H,24,28). The molecule has 3 rings (SSSR count). The maximum Gasteiger partial charge on any atom is 0.352 e. The van der Waals surface area contributed by atoms with Gasteiger partial charge in [-0.05, 0) is 44.0 Å². The first kappa shape index (κ1) is 22.8. The molecule has 0 unspecified atom stereocenters. The molecule has 0 bridgehead atoms. The van der Waals surface area contributed by atoms with Gasteiger partial charge in [0.15, 0.2) is 11.5 Å². The van der Waals surface area contributed by atoms with Crippen LogP contribution in [-0.2, 0) is 6.54 Å². The van der Waals surface area contributed by atoms with Crippen LogP contribution in [0.15, 0.2) is 52.1 Å². The van der Waals surface area contributed by atoms with Crippen LogP contribution in [0.5, 0.6) is 11.5 Å². The lowest BCUT2D eigenvalue weighted by Crippen LogP contribution is -2.46. The first-order chi connectivity index (χ1) is 15.3. The average Bonchev–Trinajstić information content (AvgIpc) is 2.77. The summed E-state index contributed by atoms with van der Waals surface area (Å²) >= 11 is 0. The number of benzene rings is 2. The van der Waals surface area contributed by atoms with Gasteiger partial charge in [-0.15, -0.1) is 0 Å². The Labute approximate surface area is 185 Å². The number of hydrogen-bond donors (Lipinski definition) is 1. The van der Waals surface area contributed by atoms with Crippen molar-refractivity contribution in [1.82, 2.24) is 19.7 Å². The van der Waals surface area contributed by atoms with Crippen LogP contribution >= 0.6 is 0 Å². The smallest absolute Gasteiger partial charge is 0.352 e. The third-order valence-electron chi connectivity index (χ3n) is 4.90. The van der Waals surface area contributed by atoms with Crippen LogP contribution < -0.4 is 26.0 Å². The number of aryl methyl sites for hydroxylation is 1. The molecular weight excluding hydrogens is 412 g/mol. The van der Waals surface area contributed by atoms with Crippen LogP contribution in [0.2, 0.25) is 0 Å². The Morgan fingerprint density at radius 1 is 1.06 bits per heavy atom. The summed E-state index contributed by atoms with van der Waals surface area (Å²) in [7, 11) is 2.97. The fourth-order valence-electron chi connectivity index (χ4n) is 3.21. The van der Waals surface area contributed by atoms with Crippen molar-refractivity contribution < 1.29 is 14.3 Å². The van der Waals surface area contributed by atoms with E-state index in [0.29, 0.717) is 17.2 Å². The van der Waals surface area contributed by atoms with Gasteiger partial charge in [-0.1, -0.05) is 24.3 Å². The van der Waals surface area contributed by atoms with E-state index in [4.69, 9.17) is 9.47 Å². The maximum atomic E-state index is 13.3. The molecule has 0 fully saturated rings. The zero-order valence-corrected chi connectivity index (χ0v) is 18.7. The van der Waals surface area contributed by atoms with Crippen LogP contribution in [0.1, 0.15) is 35.5 Å². The summed E-state index contributed by atoms with van der Waals surface area (Å²) in [5, 5.41) is 6.78. The van der Waals surface area contributed by atoms with Crippen LogP contribution in [0.3, 0.4) is 0 Å². The molecule has 1 N–H and O–H groups in total. The second-order valence-electron chi connectivity index (χ2n) is 7.53. The summed E-state index contributed by atoms with van der Waals surface area (Å²) in [6.07, 6.45) is 0. The average molecular weight is 438 g/mol. The zero-order chi connectivity index (χ0) is 23.4. The van der Waals surface area contributed by atoms with E-state index < -0.39 is 17.2 Å². The molecule has 32 heavy (non-hydrogen) atoms. The molecule has 1 aromatic heterocycles. The monoisotopic (exact) mass is 438 g/mol. The molecule has 0 radical (unpaired) electrons. The van der Waals surface area contributed by atoms with Gasteiger partial charge in [0.1, 0.15) is 0 Å². The van der Waals surface area contributed by atoms with Crippen molar-refractivity contribution in [3.8, 4) is 17.2 Å². The van der Waals surface area contributed by atoms with Crippen LogP contribution in [0.25, 0.3) is 5.69 Å². The van der Waals surface area contributed by atoms with E-state index in [-0.39, 0.29) is 18.3 Å². The third-order valence-corrected chi connectivity index (χ3v) is 4.90. The minimum absolute atomic E-state index is 0.00209. The van der Waals surface area contributed by atoms with Crippen molar-refractivity contribution >= 4 is 5.91 Å². The Bertz CT molecular complexity index is 1260. The number of amides is 1. The van der Waals surface area contributed by atoms with E-state index in [1.54, 1.807) is 32.0 Å². The highest BCUT2D eigenvalue weighted by Gasteiger charge is 2.22. The van der Waals surface area contributed by atoms with E-state index in [2.05, 4.69) is 10.4 Å². The number of hydrogen-bond acceptors (Lipinski definition) is 6. The van der Waals surface area contributed by atoms with Gasteiger partial charge in [0, 0.05) is 12.1 Å². The van der Waals surface area contributed by atoms with Gasteiger partial charge in [0.25, 0.3) is 11.5 Å². The Morgan fingerprint density at radius 2 is 1.75 bits per heavy atom. The van der Waals surface area contributed by atoms with Crippen molar-refractivity contribution in [2.24, 2.45) is 0 Å². The lowest BCUT2D eigenvalue weighted by molar-refractivity contribution is 0.0933. The van der Waals surface area contributed by atoms with Gasteiger partial charge in [0.2, 0.25) is 5.69 Å². The molecule has 0 aliphatic rings. The highest BCUT2D eigenvalue weighted by Crippen LogP contribution is 2.28. The predicted molar refractivity (Wildman–Crippen MR) is 120 cm³/mol. The van der Waals surface area contributed by atoms with E-state index >= 15 is 0 Å². The third kappa shape index (κ3) is 4.56. The summed E-state index contributed by atoms with van der Waals surface area (Å²) in [6, 6.07) is 12.0. The molecule has 0 saturated heterocycles. The molecule has 0 spiro atoms. The van der Waals surface area contributed by atoms with Crippen LogP contribution in [0, 0.1) is 6.92 Å². The molecule has 0 aliphatic carbocycles. The largest absolute Gasteiger partial charge is 0.493 e. The van der Waals surface area contributed by atoms with Crippen LogP contribution in [0.4, 0.5) is 0 Å². The quantitative estimate of drug-likeness (QED) is 0.604. The van der Waals surface area contributed by atoms with Crippen LogP contribution in [-0.4, -0.2) is 40.5 Å².